The standard InChI is InChI=1S/C18H26N2O3/c1-22-17-6-4-15(5-7-17)12-18(21)20-10-11-23-14-16(20)13-19-8-2-3-9-19/h4-7,16H,2-3,8-14H2,1H3. The Labute approximate surface area is 138 Å². The normalized spacial score (nSPS) is 22.3. The fraction of sp³-hybridized carbons (Fsp3) is 0.611. The van der Waals surface area contributed by atoms with Crippen LogP contribution in [0.15, 0.2) is 24.3 Å². The molecule has 0 aromatic heterocycles. The van der Waals surface area contributed by atoms with Gasteiger partial charge >= 0.3 is 0 Å². The predicted octanol–water partition coefficient (Wildman–Crippen LogP) is 1.56. The van der Waals surface area contributed by atoms with E-state index in [1.165, 1.54) is 12.8 Å². The highest BCUT2D eigenvalue weighted by atomic mass is 16.5. The topological polar surface area (TPSA) is 42.0 Å². The molecule has 2 aliphatic heterocycles. The Kier molecular flexibility index (Phi) is 5.51. The summed E-state index contributed by atoms with van der Waals surface area (Å²) >= 11 is 0. The number of nitrogens with zero attached hydrogens (tertiary/aromatic N) is 2. The van der Waals surface area contributed by atoms with Gasteiger partial charge in [0.15, 0.2) is 0 Å². The molecule has 3 rings (SSSR count). The summed E-state index contributed by atoms with van der Waals surface area (Å²) < 4.78 is 10.8. The van der Waals surface area contributed by atoms with Crippen molar-refractivity contribution in [3.8, 4) is 5.75 Å². The molecule has 126 valence electrons. The summed E-state index contributed by atoms with van der Waals surface area (Å²) in [5, 5.41) is 0. The van der Waals surface area contributed by atoms with Crippen LogP contribution in [-0.4, -0.2) is 68.3 Å². The van der Waals surface area contributed by atoms with E-state index in [2.05, 4.69) is 4.90 Å². The molecule has 2 fully saturated rings. The van der Waals surface area contributed by atoms with Gasteiger partial charge in [0.2, 0.25) is 5.91 Å². The van der Waals surface area contributed by atoms with E-state index >= 15 is 0 Å². The zero-order valence-electron chi connectivity index (χ0n) is 13.9. The fourth-order valence-electron chi connectivity index (χ4n) is 3.42. The molecule has 5 nitrogen and oxygen atoms in total. The number of carbonyl (C=O) groups excluding carboxylic acids is 1. The number of methoxy groups -OCH3 is 1. The van der Waals surface area contributed by atoms with Gasteiger partial charge in [0.05, 0.1) is 32.8 Å². The second-order valence-corrected chi connectivity index (χ2v) is 6.35. The van der Waals surface area contributed by atoms with E-state index in [4.69, 9.17) is 9.47 Å². The van der Waals surface area contributed by atoms with Crippen molar-refractivity contribution >= 4 is 5.91 Å². The first kappa shape index (κ1) is 16.3. The van der Waals surface area contributed by atoms with Crippen molar-refractivity contribution in [1.29, 1.82) is 0 Å². The number of ether oxygens (including phenoxy) is 2. The molecule has 0 aliphatic carbocycles. The quantitative estimate of drug-likeness (QED) is 0.826. The molecule has 1 unspecified atom stereocenters. The van der Waals surface area contributed by atoms with Gasteiger partial charge in [-0.2, -0.15) is 0 Å². The summed E-state index contributed by atoms with van der Waals surface area (Å²) in [7, 11) is 1.65. The van der Waals surface area contributed by atoms with E-state index in [0.29, 0.717) is 26.2 Å². The average molecular weight is 318 g/mol. The number of amides is 1. The maximum absolute atomic E-state index is 12.7. The molecular weight excluding hydrogens is 292 g/mol. The highest BCUT2D eigenvalue weighted by Gasteiger charge is 2.29. The molecule has 2 saturated heterocycles. The number of morpholine rings is 1. The lowest BCUT2D eigenvalue weighted by molar-refractivity contribution is -0.139. The van der Waals surface area contributed by atoms with Crippen molar-refractivity contribution in [1.82, 2.24) is 9.80 Å². The third-order valence-corrected chi connectivity index (χ3v) is 4.73. The van der Waals surface area contributed by atoms with Crippen molar-refractivity contribution in [2.45, 2.75) is 25.3 Å². The van der Waals surface area contributed by atoms with E-state index in [9.17, 15) is 4.79 Å². The summed E-state index contributed by atoms with van der Waals surface area (Å²) in [5.41, 5.74) is 1.03. The van der Waals surface area contributed by atoms with Crippen LogP contribution in [-0.2, 0) is 16.0 Å². The third-order valence-electron chi connectivity index (χ3n) is 4.73. The van der Waals surface area contributed by atoms with E-state index in [-0.39, 0.29) is 11.9 Å². The second-order valence-electron chi connectivity index (χ2n) is 6.35. The maximum atomic E-state index is 12.7. The molecule has 2 heterocycles. The molecule has 23 heavy (non-hydrogen) atoms. The van der Waals surface area contributed by atoms with Gasteiger partial charge in [-0.25, -0.2) is 0 Å². The molecule has 0 N–H and O–H groups in total. The van der Waals surface area contributed by atoms with Crippen LogP contribution >= 0.6 is 0 Å². The van der Waals surface area contributed by atoms with Gasteiger partial charge in [-0.1, -0.05) is 12.1 Å². The van der Waals surface area contributed by atoms with Gasteiger partial charge < -0.3 is 19.3 Å². The van der Waals surface area contributed by atoms with E-state index in [1.807, 2.05) is 29.2 Å². The molecule has 0 radical (unpaired) electrons. The highest BCUT2D eigenvalue weighted by molar-refractivity contribution is 5.79. The maximum Gasteiger partial charge on any atom is 0.227 e. The predicted molar refractivity (Wildman–Crippen MR) is 88.7 cm³/mol. The molecule has 1 atom stereocenters. The van der Waals surface area contributed by atoms with Crippen molar-refractivity contribution in [3.63, 3.8) is 0 Å². The molecule has 1 amide bonds. The minimum absolute atomic E-state index is 0.188. The van der Waals surface area contributed by atoms with Gasteiger partial charge in [-0.3, -0.25) is 4.79 Å². The van der Waals surface area contributed by atoms with Gasteiger partial charge in [-0.05, 0) is 43.6 Å². The Balaban J connectivity index is 1.60. The summed E-state index contributed by atoms with van der Waals surface area (Å²) in [4.78, 5) is 17.2. The monoisotopic (exact) mass is 318 g/mol. The van der Waals surface area contributed by atoms with Gasteiger partial charge in [0.25, 0.3) is 0 Å². The number of carbonyl (C=O) groups is 1. The Morgan fingerprint density at radius 1 is 1.22 bits per heavy atom. The minimum Gasteiger partial charge on any atom is -0.497 e. The first-order valence-electron chi connectivity index (χ1n) is 8.49. The minimum atomic E-state index is 0.188. The molecule has 0 saturated carbocycles. The van der Waals surface area contributed by atoms with E-state index in [1.54, 1.807) is 7.11 Å². The first-order valence-corrected chi connectivity index (χ1v) is 8.49. The number of hydrogen-bond acceptors (Lipinski definition) is 4. The molecule has 5 heteroatoms. The molecule has 0 spiro atoms. The molecule has 1 aromatic rings. The Morgan fingerprint density at radius 3 is 2.65 bits per heavy atom. The molecule has 2 aliphatic rings. The van der Waals surface area contributed by atoms with Crippen LogP contribution < -0.4 is 4.74 Å². The van der Waals surface area contributed by atoms with Crippen molar-refractivity contribution in [2.75, 3.05) is 46.5 Å². The lowest BCUT2D eigenvalue weighted by Crippen LogP contribution is -2.53. The summed E-state index contributed by atoms with van der Waals surface area (Å²) in [6.07, 6.45) is 2.99. The third kappa shape index (κ3) is 4.24. The van der Waals surface area contributed by atoms with E-state index in [0.717, 1.165) is 30.9 Å². The largest absolute Gasteiger partial charge is 0.497 e. The Morgan fingerprint density at radius 2 is 1.96 bits per heavy atom. The van der Waals surface area contributed by atoms with Crippen molar-refractivity contribution in [2.24, 2.45) is 0 Å². The van der Waals surface area contributed by atoms with Crippen molar-refractivity contribution < 1.29 is 14.3 Å². The lowest BCUT2D eigenvalue weighted by Gasteiger charge is -2.37. The smallest absolute Gasteiger partial charge is 0.227 e. The average Bonchev–Trinajstić information content (AvgIpc) is 3.09. The lowest BCUT2D eigenvalue weighted by atomic mass is 10.1. The van der Waals surface area contributed by atoms with Gasteiger partial charge in [-0.15, -0.1) is 0 Å². The van der Waals surface area contributed by atoms with Crippen LogP contribution in [0, 0.1) is 0 Å². The summed E-state index contributed by atoms with van der Waals surface area (Å²) in [6.45, 7) is 5.24. The first-order chi connectivity index (χ1) is 11.3. The van der Waals surface area contributed by atoms with Crippen LogP contribution in [0.1, 0.15) is 18.4 Å². The number of likely N-dealkylation sites (tertiary alicyclic amines) is 1. The number of rotatable bonds is 5. The van der Waals surface area contributed by atoms with Crippen LogP contribution in [0.4, 0.5) is 0 Å². The highest BCUT2D eigenvalue weighted by Crippen LogP contribution is 2.16. The van der Waals surface area contributed by atoms with Gasteiger partial charge in [0, 0.05) is 13.1 Å². The number of hydrogen-bond donors (Lipinski definition) is 0. The van der Waals surface area contributed by atoms with Crippen molar-refractivity contribution in [3.05, 3.63) is 29.8 Å². The fourth-order valence-corrected chi connectivity index (χ4v) is 3.42. The SMILES string of the molecule is COc1ccc(CC(=O)N2CCOCC2CN2CCCC2)cc1. The zero-order chi connectivity index (χ0) is 16.1. The summed E-state index contributed by atoms with van der Waals surface area (Å²) in [6, 6.07) is 7.93. The van der Waals surface area contributed by atoms with Crippen LogP contribution in [0.25, 0.3) is 0 Å². The van der Waals surface area contributed by atoms with Crippen LogP contribution in [0.5, 0.6) is 5.75 Å². The number of benzene rings is 1. The Hall–Kier alpha value is -1.59. The summed E-state index contributed by atoms with van der Waals surface area (Å²) in [5.74, 6) is 1.02. The van der Waals surface area contributed by atoms with Crippen LogP contribution in [0.2, 0.25) is 0 Å². The van der Waals surface area contributed by atoms with Gasteiger partial charge in [0.1, 0.15) is 5.75 Å². The van der Waals surface area contributed by atoms with Crippen LogP contribution in [0.3, 0.4) is 0 Å². The molecule has 1 aromatic carbocycles. The molecule has 0 bridgehead atoms. The molecular formula is C18H26N2O3. The van der Waals surface area contributed by atoms with E-state index < -0.39 is 0 Å². The zero-order valence-corrected chi connectivity index (χ0v) is 13.9. The Bertz CT molecular complexity index is 512. The second kappa shape index (κ2) is 7.79.